The second-order valence-electron chi connectivity index (χ2n) is 5.19. The van der Waals surface area contributed by atoms with E-state index in [2.05, 4.69) is 29.1 Å². The fourth-order valence-electron chi connectivity index (χ4n) is 2.05. The van der Waals surface area contributed by atoms with E-state index in [1.807, 2.05) is 19.1 Å². The number of carbonyl (C=O) groups excluding carboxylic acids is 1. The van der Waals surface area contributed by atoms with Crippen molar-refractivity contribution in [2.24, 2.45) is 5.92 Å². The molecule has 0 aromatic carbocycles. The third-order valence-corrected chi connectivity index (χ3v) is 3.33. The average Bonchev–Trinajstić information content (AvgIpc) is 2.82. The van der Waals surface area contributed by atoms with Gasteiger partial charge in [0, 0.05) is 12.7 Å². The second kappa shape index (κ2) is 6.22. The van der Waals surface area contributed by atoms with E-state index in [0.29, 0.717) is 23.9 Å². The maximum absolute atomic E-state index is 12.2. The summed E-state index contributed by atoms with van der Waals surface area (Å²) in [5, 5.41) is 2.93. The third kappa shape index (κ3) is 2.93. The molecule has 0 aliphatic heterocycles. The molecule has 0 saturated heterocycles. The van der Waals surface area contributed by atoms with E-state index in [4.69, 9.17) is 11.6 Å². The van der Waals surface area contributed by atoms with Gasteiger partial charge in [0.25, 0.3) is 0 Å². The molecule has 0 bridgehead atoms. The van der Waals surface area contributed by atoms with E-state index in [9.17, 15) is 4.79 Å². The van der Waals surface area contributed by atoms with Crippen LogP contribution in [-0.2, 0) is 10.7 Å². The van der Waals surface area contributed by atoms with Gasteiger partial charge in [-0.1, -0.05) is 13.8 Å². The van der Waals surface area contributed by atoms with Gasteiger partial charge in [-0.3, -0.25) is 9.36 Å². The topological polar surface area (TPSA) is 59.8 Å². The highest BCUT2D eigenvalue weighted by Gasteiger charge is 2.21. The first-order valence-electron chi connectivity index (χ1n) is 6.70. The number of pyridine rings is 1. The Morgan fingerprint density at radius 3 is 2.85 bits per heavy atom. The Morgan fingerprint density at radius 1 is 1.45 bits per heavy atom. The standard InChI is InChI=1S/C14H19ClN4O/c1-9(2)8-17-14(20)10(3)19-12(7-15)18-11-5-4-6-16-13(11)19/h4-6,9-10H,7-8H2,1-3H3,(H,17,20). The van der Waals surface area contributed by atoms with Crippen LogP contribution in [0.2, 0.25) is 0 Å². The summed E-state index contributed by atoms with van der Waals surface area (Å²) in [5.41, 5.74) is 1.45. The minimum absolute atomic E-state index is 0.0463. The summed E-state index contributed by atoms with van der Waals surface area (Å²) in [4.78, 5) is 21.0. The summed E-state index contributed by atoms with van der Waals surface area (Å²) in [6, 6.07) is 3.30. The first-order chi connectivity index (χ1) is 9.54. The smallest absolute Gasteiger partial charge is 0.242 e. The first-order valence-corrected chi connectivity index (χ1v) is 7.23. The van der Waals surface area contributed by atoms with Crippen molar-refractivity contribution >= 4 is 28.7 Å². The molecule has 2 heterocycles. The summed E-state index contributed by atoms with van der Waals surface area (Å²) >= 11 is 5.94. The predicted molar refractivity (Wildman–Crippen MR) is 79.6 cm³/mol. The van der Waals surface area contributed by atoms with Gasteiger partial charge < -0.3 is 5.32 Å². The van der Waals surface area contributed by atoms with Crippen LogP contribution in [0.25, 0.3) is 11.2 Å². The van der Waals surface area contributed by atoms with E-state index in [1.165, 1.54) is 0 Å². The lowest BCUT2D eigenvalue weighted by Crippen LogP contribution is -2.34. The van der Waals surface area contributed by atoms with E-state index >= 15 is 0 Å². The third-order valence-electron chi connectivity index (χ3n) is 3.09. The van der Waals surface area contributed by atoms with Gasteiger partial charge in [-0.2, -0.15) is 0 Å². The Bertz CT molecular complexity index is 608. The zero-order chi connectivity index (χ0) is 14.7. The molecule has 0 saturated carbocycles. The van der Waals surface area contributed by atoms with Crippen LogP contribution in [0.15, 0.2) is 18.3 Å². The molecular formula is C14H19ClN4O. The van der Waals surface area contributed by atoms with Crippen LogP contribution in [0.3, 0.4) is 0 Å². The van der Waals surface area contributed by atoms with Gasteiger partial charge in [-0.15, -0.1) is 11.6 Å². The van der Waals surface area contributed by atoms with Crippen molar-refractivity contribution in [3.8, 4) is 0 Å². The molecule has 0 spiro atoms. The molecule has 2 aromatic rings. The molecule has 0 radical (unpaired) electrons. The Kier molecular flexibility index (Phi) is 4.60. The SMILES string of the molecule is CC(C)CNC(=O)C(C)n1c(CCl)nc2cccnc21. The number of aromatic nitrogens is 3. The number of carbonyl (C=O) groups is 1. The van der Waals surface area contributed by atoms with Crippen LogP contribution in [0.5, 0.6) is 0 Å². The van der Waals surface area contributed by atoms with Gasteiger partial charge in [-0.25, -0.2) is 9.97 Å². The number of amides is 1. The van der Waals surface area contributed by atoms with Crippen molar-refractivity contribution in [2.75, 3.05) is 6.54 Å². The fraction of sp³-hybridized carbons (Fsp3) is 0.500. The zero-order valence-corrected chi connectivity index (χ0v) is 12.7. The summed E-state index contributed by atoms with van der Waals surface area (Å²) in [6.45, 7) is 6.60. The summed E-state index contributed by atoms with van der Waals surface area (Å²) in [5.74, 6) is 1.27. The Morgan fingerprint density at radius 2 is 2.20 bits per heavy atom. The lowest BCUT2D eigenvalue weighted by atomic mass is 10.2. The second-order valence-corrected chi connectivity index (χ2v) is 5.46. The number of hydrogen-bond acceptors (Lipinski definition) is 3. The quantitative estimate of drug-likeness (QED) is 0.862. The normalized spacial score (nSPS) is 12.8. The van der Waals surface area contributed by atoms with Gasteiger partial charge in [0.1, 0.15) is 17.4 Å². The van der Waals surface area contributed by atoms with Gasteiger partial charge in [0.2, 0.25) is 5.91 Å². The van der Waals surface area contributed by atoms with Gasteiger partial charge in [0.05, 0.1) is 5.88 Å². The van der Waals surface area contributed by atoms with Gasteiger partial charge >= 0.3 is 0 Å². The van der Waals surface area contributed by atoms with E-state index in [1.54, 1.807) is 10.8 Å². The van der Waals surface area contributed by atoms with Crippen molar-refractivity contribution in [1.29, 1.82) is 0 Å². The Labute approximate surface area is 123 Å². The lowest BCUT2D eigenvalue weighted by molar-refractivity contribution is -0.124. The number of nitrogens with zero attached hydrogens (tertiary/aromatic N) is 3. The number of nitrogens with one attached hydrogen (secondary N) is 1. The first kappa shape index (κ1) is 14.8. The van der Waals surface area contributed by atoms with E-state index < -0.39 is 0 Å². The van der Waals surface area contributed by atoms with Gasteiger partial charge in [-0.05, 0) is 25.0 Å². The monoisotopic (exact) mass is 294 g/mol. The van der Waals surface area contributed by atoms with Crippen LogP contribution in [0, 0.1) is 5.92 Å². The number of alkyl halides is 1. The largest absolute Gasteiger partial charge is 0.354 e. The van der Waals surface area contributed by atoms with E-state index in [0.717, 1.165) is 5.52 Å². The molecule has 2 rings (SSSR count). The van der Waals surface area contributed by atoms with E-state index in [-0.39, 0.29) is 17.8 Å². The Balaban J connectivity index is 2.33. The van der Waals surface area contributed by atoms with Crippen LogP contribution < -0.4 is 5.32 Å². The number of halogens is 1. The van der Waals surface area contributed by atoms with Crippen LogP contribution in [0.4, 0.5) is 0 Å². The highest BCUT2D eigenvalue weighted by molar-refractivity contribution is 6.16. The molecule has 0 fully saturated rings. The number of fused-ring (bicyclic) bond motifs is 1. The molecule has 0 aliphatic rings. The lowest BCUT2D eigenvalue weighted by Gasteiger charge is -2.17. The van der Waals surface area contributed by atoms with Crippen LogP contribution >= 0.6 is 11.6 Å². The fourth-order valence-corrected chi connectivity index (χ4v) is 2.24. The molecule has 2 aromatic heterocycles. The van der Waals surface area contributed by atoms with Crippen LogP contribution in [0.1, 0.15) is 32.6 Å². The Hall–Kier alpha value is -1.62. The maximum Gasteiger partial charge on any atom is 0.242 e. The highest BCUT2D eigenvalue weighted by Crippen LogP contribution is 2.20. The van der Waals surface area contributed by atoms with Crippen molar-refractivity contribution in [2.45, 2.75) is 32.7 Å². The summed E-state index contributed by atoms with van der Waals surface area (Å²) in [7, 11) is 0. The van der Waals surface area contributed by atoms with Crippen LogP contribution in [-0.4, -0.2) is 27.0 Å². The molecule has 108 valence electrons. The highest BCUT2D eigenvalue weighted by atomic mass is 35.5. The van der Waals surface area contributed by atoms with Crippen molar-refractivity contribution in [3.63, 3.8) is 0 Å². The molecule has 20 heavy (non-hydrogen) atoms. The van der Waals surface area contributed by atoms with Crippen molar-refractivity contribution in [1.82, 2.24) is 19.9 Å². The molecule has 6 heteroatoms. The van der Waals surface area contributed by atoms with Crippen molar-refractivity contribution in [3.05, 3.63) is 24.2 Å². The maximum atomic E-state index is 12.2. The molecule has 1 N–H and O–H groups in total. The van der Waals surface area contributed by atoms with Gasteiger partial charge in [0.15, 0.2) is 5.65 Å². The van der Waals surface area contributed by atoms with Crippen molar-refractivity contribution < 1.29 is 4.79 Å². The minimum Gasteiger partial charge on any atom is -0.354 e. The molecular weight excluding hydrogens is 276 g/mol. The predicted octanol–water partition coefficient (Wildman–Crippen LogP) is 2.50. The minimum atomic E-state index is -0.387. The number of imidazole rings is 1. The molecule has 1 atom stereocenters. The average molecular weight is 295 g/mol. The molecule has 5 nitrogen and oxygen atoms in total. The molecule has 0 aliphatic carbocycles. The summed E-state index contributed by atoms with van der Waals surface area (Å²) < 4.78 is 1.80. The molecule has 1 amide bonds. The number of rotatable bonds is 5. The zero-order valence-electron chi connectivity index (χ0n) is 11.9. The summed E-state index contributed by atoms with van der Waals surface area (Å²) in [6.07, 6.45) is 1.69. The number of hydrogen-bond donors (Lipinski definition) is 1. The molecule has 1 unspecified atom stereocenters.